The van der Waals surface area contributed by atoms with Crippen LogP contribution in [0.3, 0.4) is 0 Å². The van der Waals surface area contributed by atoms with Crippen molar-refractivity contribution in [3.63, 3.8) is 0 Å². The summed E-state index contributed by atoms with van der Waals surface area (Å²) in [7, 11) is 0. The fraction of sp³-hybridized carbons (Fsp3) is 0.571. The zero-order valence-corrected chi connectivity index (χ0v) is 10.6. The Hall–Kier alpha value is -1.06. The summed E-state index contributed by atoms with van der Waals surface area (Å²) in [5.41, 5.74) is 2.16. The topological polar surface area (TPSA) is 41.5 Å². The third-order valence-corrected chi connectivity index (χ3v) is 3.38. The highest BCUT2D eigenvalue weighted by Gasteiger charge is 2.26. The summed E-state index contributed by atoms with van der Waals surface area (Å²) in [6.45, 7) is 6.52. The van der Waals surface area contributed by atoms with Crippen molar-refractivity contribution < 1.29 is 9.84 Å². The molecule has 2 rings (SSSR count). The van der Waals surface area contributed by atoms with Gasteiger partial charge in [-0.25, -0.2) is 0 Å². The van der Waals surface area contributed by atoms with Crippen LogP contribution in [0.25, 0.3) is 0 Å². The first kappa shape index (κ1) is 12.4. The average Bonchev–Trinajstić information content (AvgIpc) is 2.31. The lowest BCUT2D eigenvalue weighted by atomic mass is 9.94. The molecule has 1 aromatic rings. The molecule has 94 valence electrons. The second kappa shape index (κ2) is 5.07. The van der Waals surface area contributed by atoms with Gasteiger partial charge in [0, 0.05) is 24.3 Å². The number of aromatic hydroxyl groups is 1. The minimum Gasteiger partial charge on any atom is -0.508 e. The fourth-order valence-corrected chi connectivity index (χ4v) is 2.24. The Kier molecular flexibility index (Phi) is 3.69. The molecule has 0 saturated carbocycles. The fourth-order valence-electron chi connectivity index (χ4n) is 2.24. The molecule has 2 N–H and O–H groups in total. The first-order chi connectivity index (χ1) is 8.09. The number of aryl methyl sites for hydroxylation is 1. The molecular formula is C14H21NO2. The Morgan fingerprint density at radius 2 is 2.29 bits per heavy atom. The van der Waals surface area contributed by atoms with E-state index < -0.39 is 0 Å². The van der Waals surface area contributed by atoms with Gasteiger partial charge in [0.1, 0.15) is 5.75 Å². The molecular weight excluding hydrogens is 214 g/mol. The standard InChI is InChI=1S/C14H21NO2/c1-11-4-5-13(16)12(8-11)9-15-14(2)6-3-7-17-10-14/h4-5,8,15-16H,3,6-7,9-10H2,1-2H3. The number of phenols is 1. The van der Waals surface area contributed by atoms with Crippen molar-refractivity contribution in [2.24, 2.45) is 0 Å². The van der Waals surface area contributed by atoms with Gasteiger partial charge in [-0.1, -0.05) is 17.7 Å². The molecule has 0 bridgehead atoms. The van der Waals surface area contributed by atoms with Gasteiger partial charge in [-0.05, 0) is 32.8 Å². The van der Waals surface area contributed by atoms with Crippen LogP contribution >= 0.6 is 0 Å². The molecule has 0 aliphatic carbocycles. The monoisotopic (exact) mass is 235 g/mol. The lowest BCUT2D eigenvalue weighted by Gasteiger charge is -2.34. The number of phenolic OH excluding ortho intramolecular Hbond substituents is 1. The summed E-state index contributed by atoms with van der Waals surface area (Å²) in [4.78, 5) is 0. The summed E-state index contributed by atoms with van der Waals surface area (Å²) < 4.78 is 5.50. The Morgan fingerprint density at radius 3 is 3.00 bits per heavy atom. The number of rotatable bonds is 3. The molecule has 1 aliphatic rings. The Bertz CT molecular complexity index is 384. The smallest absolute Gasteiger partial charge is 0.120 e. The van der Waals surface area contributed by atoms with E-state index in [9.17, 15) is 5.11 Å². The van der Waals surface area contributed by atoms with E-state index in [0.717, 1.165) is 31.6 Å². The third kappa shape index (κ3) is 3.20. The zero-order valence-electron chi connectivity index (χ0n) is 10.6. The van der Waals surface area contributed by atoms with Crippen LogP contribution in [-0.2, 0) is 11.3 Å². The molecule has 3 heteroatoms. The molecule has 1 atom stereocenters. The highest BCUT2D eigenvalue weighted by Crippen LogP contribution is 2.22. The first-order valence-electron chi connectivity index (χ1n) is 6.20. The second-order valence-corrected chi connectivity index (χ2v) is 5.20. The van der Waals surface area contributed by atoms with Crippen LogP contribution in [-0.4, -0.2) is 23.9 Å². The predicted molar refractivity (Wildman–Crippen MR) is 68.1 cm³/mol. The van der Waals surface area contributed by atoms with E-state index in [1.165, 1.54) is 5.56 Å². The van der Waals surface area contributed by atoms with E-state index in [1.54, 1.807) is 6.07 Å². The molecule has 0 amide bonds. The van der Waals surface area contributed by atoms with Crippen molar-refractivity contribution in [1.29, 1.82) is 0 Å². The van der Waals surface area contributed by atoms with Gasteiger partial charge in [0.15, 0.2) is 0 Å². The number of benzene rings is 1. The molecule has 3 nitrogen and oxygen atoms in total. The van der Waals surface area contributed by atoms with Gasteiger partial charge < -0.3 is 15.2 Å². The van der Waals surface area contributed by atoms with Crippen molar-refractivity contribution in [3.05, 3.63) is 29.3 Å². The lowest BCUT2D eigenvalue weighted by Crippen LogP contribution is -2.48. The number of hydrogen-bond donors (Lipinski definition) is 2. The highest BCUT2D eigenvalue weighted by molar-refractivity contribution is 5.35. The van der Waals surface area contributed by atoms with Crippen LogP contribution in [0.15, 0.2) is 18.2 Å². The van der Waals surface area contributed by atoms with Gasteiger partial charge >= 0.3 is 0 Å². The van der Waals surface area contributed by atoms with E-state index in [2.05, 4.69) is 12.2 Å². The first-order valence-corrected chi connectivity index (χ1v) is 6.20. The molecule has 0 aromatic heterocycles. The Morgan fingerprint density at radius 1 is 1.47 bits per heavy atom. The van der Waals surface area contributed by atoms with Crippen LogP contribution in [0.4, 0.5) is 0 Å². The largest absolute Gasteiger partial charge is 0.508 e. The molecule has 0 radical (unpaired) electrons. The second-order valence-electron chi connectivity index (χ2n) is 5.20. The van der Waals surface area contributed by atoms with Crippen LogP contribution in [0, 0.1) is 6.92 Å². The molecule has 1 fully saturated rings. The summed E-state index contributed by atoms with van der Waals surface area (Å²) in [5.74, 6) is 0.364. The van der Waals surface area contributed by atoms with Crippen molar-refractivity contribution >= 4 is 0 Å². The molecule has 1 aromatic carbocycles. The van der Waals surface area contributed by atoms with Crippen LogP contribution in [0.1, 0.15) is 30.9 Å². The number of nitrogens with one attached hydrogen (secondary N) is 1. The average molecular weight is 235 g/mol. The van der Waals surface area contributed by atoms with Gasteiger partial charge in [0.05, 0.1) is 6.61 Å². The Balaban J connectivity index is 1.99. The van der Waals surface area contributed by atoms with Gasteiger partial charge in [0.25, 0.3) is 0 Å². The quantitative estimate of drug-likeness (QED) is 0.845. The van der Waals surface area contributed by atoms with Crippen LogP contribution < -0.4 is 5.32 Å². The molecule has 1 saturated heterocycles. The van der Waals surface area contributed by atoms with Gasteiger partial charge in [-0.2, -0.15) is 0 Å². The van der Waals surface area contributed by atoms with Crippen molar-refractivity contribution in [2.75, 3.05) is 13.2 Å². The SMILES string of the molecule is Cc1ccc(O)c(CNC2(C)CCCOC2)c1. The molecule has 0 spiro atoms. The van der Waals surface area contributed by atoms with Crippen LogP contribution in [0.2, 0.25) is 0 Å². The maximum absolute atomic E-state index is 9.78. The maximum atomic E-state index is 9.78. The molecule has 1 heterocycles. The minimum atomic E-state index is 0.0361. The summed E-state index contributed by atoms with van der Waals surface area (Å²) >= 11 is 0. The summed E-state index contributed by atoms with van der Waals surface area (Å²) in [6, 6.07) is 5.70. The number of ether oxygens (including phenoxy) is 1. The lowest BCUT2D eigenvalue weighted by molar-refractivity contribution is 0.0277. The Labute approximate surface area is 103 Å². The normalized spacial score (nSPS) is 24.8. The van der Waals surface area contributed by atoms with Crippen LogP contribution in [0.5, 0.6) is 5.75 Å². The predicted octanol–water partition coefficient (Wildman–Crippen LogP) is 2.36. The zero-order chi connectivity index (χ0) is 12.3. The third-order valence-electron chi connectivity index (χ3n) is 3.38. The molecule has 1 unspecified atom stereocenters. The summed E-state index contributed by atoms with van der Waals surface area (Å²) in [6.07, 6.45) is 2.23. The molecule has 1 aliphatic heterocycles. The van der Waals surface area contributed by atoms with E-state index in [1.807, 2.05) is 19.1 Å². The molecule has 17 heavy (non-hydrogen) atoms. The minimum absolute atomic E-state index is 0.0361. The number of hydrogen-bond acceptors (Lipinski definition) is 3. The van der Waals surface area contributed by atoms with E-state index in [4.69, 9.17) is 4.74 Å². The van der Waals surface area contributed by atoms with Crippen molar-refractivity contribution in [1.82, 2.24) is 5.32 Å². The highest BCUT2D eigenvalue weighted by atomic mass is 16.5. The van der Waals surface area contributed by atoms with E-state index >= 15 is 0 Å². The van der Waals surface area contributed by atoms with Crippen molar-refractivity contribution in [2.45, 2.75) is 38.8 Å². The van der Waals surface area contributed by atoms with Gasteiger partial charge in [-0.15, -0.1) is 0 Å². The summed E-state index contributed by atoms with van der Waals surface area (Å²) in [5, 5.41) is 13.3. The van der Waals surface area contributed by atoms with E-state index in [0.29, 0.717) is 12.3 Å². The van der Waals surface area contributed by atoms with E-state index in [-0.39, 0.29) is 5.54 Å². The van der Waals surface area contributed by atoms with Crippen molar-refractivity contribution in [3.8, 4) is 5.75 Å². The van der Waals surface area contributed by atoms with Gasteiger partial charge in [-0.3, -0.25) is 0 Å². The maximum Gasteiger partial charge on any atom is 0.120 e. The van der Waals surface area contributed by atoms with Gasteiger partial charge in [0.2, 0.25) is 0 Å².